The van der Waals surface area contributed by atoms with Crippen molar-refractivity contribution in [1.82, 2.24) is 60.1 Å². The second kappa shape index (κ2) is 52.7. The number of nitrogens with one attached hydrogen (secondary N) is 9. The molecule has 0 spiro atoms. The van der Waals surface area contributed by atoms with Crippen LogP contribution in [0, 0.1) is 5.92 Å². The Hall–Kier alpha value is -9.35. The van der Waals surface area contributed by atoms with E-state index < -0.39 is 29.5 Å². The van der Waals surface area contributed by atoms with Gasteiger partial charge >= 0.3 is 0 Å². The predicted molar refractivity (Wildman–Crippen MR) is 451 cm³/mol. The predicted octanol–water partition coefficient (Wildman–Crippen LogP) is 4.53. The number of imidazole rings is 2. The lowest BCUT2D eigenvalue weighted by atomic mass is 9.88. The van der Waals surface area contributed by atoms with Gasteiger partial charge < -0.3 is 123 Å². The standard InChI is InChI=1S/C83H120ClN17O19/c1-60-52-70(90-67-13-11-66(84)12-14-67)69-53-65(10-15-71(69)101(60)61(2)102)63-6-8-64(9-7-63)80(106)88-24-31-110-34-37-113-40-42-115-44-46-117-48-49-118-47-45-116-43-41-114-38-35-111-32-25-89-82(108)78-94-73(57-97(78)4)92-76(104)19-23-87-81(107)72-54-68(56-96(72)3)91-83(109)79-95-74(58-98(79)5)93-75(103)18-22-86-77(105)59-120-51-50-119-39-36-112-33-30-99-26-28-100(29-27-99)55-62-16-20-85-21-17-62/h6-15,53-54,56-58,60,62,70,85,90H,16-52,55,59H2,1-5H3,(H,86,105)(H,87,107)(H,88,106)(H,89,108)(H,91,109)(H,92,104)(H,93,103)/t60-,70+/m0/s1. The number of carbonyl (C=O) groups is 8. The Balaban J connectivity index is 0.496. The molecule has 0 unspecified atom stereocenters. The number of rotatable bonds is 56. The fourth-order valence-corrected chi connectivity index (χ4v) is 13.7. The van der Waals surface area contributed by atoms with Crippen LogP contribution in [0.3, 0.4) is 0 Å². The van der Waals surface area contributed by atoms with E-state index in [1.54, 1.807) is 40.2 Å². The molecule has 0 aliphatic carbocycles. The molecule has 6 aromatic rings. The van der Waals surface area contributed by atoms with Gasteiger partial charge in [0.25, 0.3) is 23.6 Å². The van der Waals surface area contributed by atoms with Crippen molar-refractivity contribution in [2.75, 3.05) is 250 Å². The molecule has 9 rings (SSSR count). The first-order chi connectivity index (χ1) is 58.3. The van der Waals surface area contributed by atoms with Crippen molar-refractivity contribution >= 4 is 87.6 Å². The summed E-state index contributed by atoms with van der Waals surface area (Å²) in [5.41, 5.74) is 5.79. The van der Waals surface area contributed by atoms with Crippen LogP contribution in [0.2, 0.25) is 5.02 Å². The molecule has 6 heterocycles. The first-order valence-corrected chi connectivity index (χ1v) is 41.5. The van der Waals surface area contributed by atoms with Crippen molar-refractivity contribution < 1.29 is 90.5 Å². The fraction of sp³-hybridized carbons (Fsp3) is 0.566. The largest absolute Gasteiger partial charge is 0.378 e. The minimum atomic E-state index is -0.610. The van der Waals surface area contributed by atoms with Gasteiger partial charge in [-0.1, -0.05) is 29.8 Å². The van der Waals surface area contributed by atoms with Crippen molar-refractivity contribution in [2.45, 2.75) is 58.0 Å². The minimum absolute atomic E-state index is 0.00443. The summed E-state index contributed by atoms with van der Waals surface area (Å²) in [6.45, 7) is 20.9. The molecular weight excluding hydrogens is 1570 g/mol. The van der Waals surface area contributed by atoms with Gasteiger partial charge in [-0.15, -0.1) is 0 Å². The molecule has 0 radical (unpaired) electrons. The number of amides is 8. The Morgan fingerprint density at radius 3 is 1.48 bits per heavy atom. The van der Waals surface area contributed by atoms with Gasteiger partial charge in [0.15, 0.2) is 11.6 Å². The molecule has 120 heavy (non-hydrogen) atoms. The van der Waals surface area contributed by atoms with E-state index in [0.29, 0.717) is 148 Å². The quantitative estimate of drug-likeness (QED) is 0.0237. The third-order valence-electron chi connectivity index (χ3n) is 19.8. The number of piperidine rings is 1. The van der Waals surface area contributed by atoms with E-state index in [0.717, 1.165) is 86.2 Å². The molecule has 2 saturated heterocycles. The maximum atomic E-state index is 13.3. The van der Waals surface area contributed by atoms with Crippen LogP contribution in [-0.4, -0.2) is 311 Å². The zero-order valence-electron chi connectivity index (χ0n) is 69.7. The van der Waals surface area contributed by atoms with E-state index in [2.05, 4.69) is 80.6 Å². The smallest absolute Gasteiger partial charge is 0.291 e. The van der Waals surface area contributed by atoms with Crippen molar-refractivity contribution in [2.24, 2.45) is 27.1 Å². The summed E-state index contributed by atoms with van der Waals surface area (Å²) in [7, 11) is 4.81. The van der Waals surface area contributed by atoms with E-state index in [1.807, 2.05) is 53.4 Å². The molecule has 2 atom stereocenters. The lowest BCUT2D eigenvalue weighted by molar-refractivity contribution is -0.126. The first-order valence-electron chi connectivity index (χ1n) is 41.2. The van der Waals surface area contributed by atoms with Gasteiger partial charge in [0.2, 0.25) is 35.3 Å². The number of piperazine rings is 1. The van der Waals surface area contributed by atoms with E-state index in [1.165, 1.54) is 57.7 Å². The highest BCUT2D eigenvalue weighted by Crippen LogP contribution is 2.41. The Kier molecular flexibility index (Phi) is 41.5. The Morgan fingerprint density at radius 1 is 0.467 bits per heavy atom. The van der Waals surface area contributed by atoms with Gasteiger partial charge in [0, 0.05) is 153 Å². The van der Waals surface area contributed by atoms with Crippen LogP contribution in [0.25, 0.3) is 11.1 Å². The molecule has 37 heteroatoms. The average molecular weight is 1700 g/mol. The van der Waals surface area contributed by atoms with Crippen LogP contribution in [-0.2, 0) is 92.4 Å². The monoisotopic (exact) mass is 1690 g/mol. The van der Waals surface area contributed by atoms with E-state index in [4.69, 9.17) is 63.7 Å². The lowest BCUT2D eigenvalue weighted by Crippen LogP contribution is -2.49. The highest BCUT2D eigenvalue weighted by Gasteiger charge is 2.33. The van der Waals surface area contributed by atoms with Crippen LogP contribution in [0.4, 0.5) is 28.7 Å². The summed E-state index contributed by atoms with van der Waals surface area (Å²) in [6, 6.07) is 22.6. The second-order valence-electron chi connectivity index (χ2n) is 29.1. The van der Waals surface area contributed by atoms with Crippen molar-refractivity contribution in [3.63, 3.8) is 0 Å². The summed E-state index contributed by atoms with van der Waals surface area (Å²) in [5, 5.41) is 26.7. The summed E-state index contributed by atoms with van der Waals surface area (Å²) in [6.07, 6.45) is 7.61. The second-order valence-corrected chi connectivity index (χ2v) is 29.5. The third kappa shape index (κ3) is 33.6. The highest BCUT2D eigenvalue weighted by atomic mass is 35.5. The van der Waals surface area contributed by atoms with Gasteiger partial charge in [-0.3, -0.25) is 43.3 Å². The summed E-state index contributed by atoms with van der Waals surface area (Å²) >= 11 is 6.14. The van der Waals surface area contributed by atoms with Crippen molar-refractivity contribution in [1.29, 1.82) is 0 Å². The van der Waals surface area contributed by atoms with Crippen LogP contribution in [0.15, 0.2) is 91.4 Å². The lowest BCUT2D eigenvalue weighted by Gasteiger charge is -2.39. The Morgan fingerprint density at radius 2 is 0.942 bits per heavy atom. The van der Waals surface area contributed by atoms with Crippen LogP contribution >= 0.6 is 11.6 Å². The summed E-state index contributed by atoms with van der Waals surface area (Å²) in [4.78, 5) is 118. The summed E-state index contributed by atoms with van der Waals surface area (Å²) in [5.74, 6) is -1.95. The van der Waals surface area contributed by atoms with Crippen LogP contribution < -0.4 is 52.8 Å². The number of aromatic nitrogens is 5. The van der Waals surface area contributed by atoms with Gasteiger partial charge in [0.1, 0.15) is 12.3 Å². The van der Waals surface area contributed by atoms with Crippen molar-refractivity contribution in [3.05, 3.63) is 125 Å². The van der Waals surface area contributed by atoms with E-state index in [-0.39, 0.29) is 111 Å². The molecule has 3 aliphatic heterocycles. The molecule has 36 nitrogen and oxygen atoms in total. The maximum absolute atomic E-state index is 13.3. The van der Waals surface area contributed by atoms with Gasteiger partial charge in [-0.05, 0) is 116 Å². The molecule has 8 amide bonds. The van der Waals surface area contributed by atoms with E-state index in [9.17, 15) is 38.4 Å². The molecule has 0 saturated carbocycles. The number of benzene rings is 3. The number of nitrogens with zero attached hydrogens (tertiary/aromatic N) is 8. The zero-order chi connectivity index (χ0) is 85.1. The van der Waals surface area contributed by atoms with Gasteiger partial charge in [-0.2, -0.15) is 0 Å². The SMILES string of the molecule is CC(=O)N1c2ccc(-c3ccc(C(=O)NCCOCCOCCOCCOCCOCCOCCOCCOCCNC(=O)c4nc(NC(=O)CCNC(=O)c5cc(NC(=O)c6nc(NC(=O)CCNC(=O)COCCOCCOCCN7CCN(CC8CCNCC8)CC7)cn6C)cn5C)cn4C)cc3)cc2[C@H](Nc2ccc(Cl)cc2)C[C@@H]1C. The molecule has 3 aromatic carbocycles. The van der Waals surface area contributed by atoms with Crippen LogP contribution in [0.1, 0.15) is 99.6 Å². The molecule has 9 N–H and O–H groups in total. The topological polar surface area (TPSA) is 397 Å². The van der Waals surface area contributed by atoms with Crippen LogP contribution in [0.5, 0.6) is 0 Å². The maximum Gasteiger partial charge on any atom is 0.291 e. The third-order valence-corrected chi connectivity index (χ3v) is 20.1. The highest BCUT2D eigenvalue weighted by molar-refractivity contribution is 6.30. The number of carbonyl (C=O) groups excluding carboxylic acids is 8. The summed E-state index contributed by atoms with van der Waals surface area (Å²) < 4.78 is 65.8. The Labute approximate surface area is 706 Å². The fourth-order valence-electron chi connectivity index (χ4n) is 13.6. The van der Waals surface area contributed by atoms with E-state index >= 15 is 0 Å². The van der Waals surface area contributed by atoms with Gasteiger partial charge in [0.05, 0.1) is 150 Å². The minimum Gasteiger partial charge on any atom is -0.378 e. The molecule has 0 bridgehead atoms. The number of ether oxygens (including phenoxy) is 11. The van der Waals surface area contributed by atoms with Crippen molar-refractivity contribution in [3.8, 4) is 11.1 Å². The molecule has 3 aliphatic rings. The average Bonchev–Trinajstić information content (AvgIpc) is 0.997. The number of hydrogen-bond acceptors (Lipinski definition) is 25. The zero-order valence-corrected chi connectivity index (χ0v) is 70.4. The molecule has 3 aromatic heterocycles. The number of aryl methyl sites for hydroxylation is 3. The Bertz CT molecular complexity index is 4140. The molecular formula is C83H120ClN17O19. The number of hydrogen-bond donors (Lipinski definition) is 9. The molecule has 658 valence electrons. The number of anilines is 5. The molecule has 2 fully saturated rings. The first kappa shape index (κ1) is 94.5. The van der Waals surface area contributed by atoms with Gasteiger partial charge in [-0.25, -0.2) is 9.97 Å². The normalized spacial score (nSPS) is 15.1. The number of fused-ring (bicyclic) bond motifs is 1. The number of halogens is 1.